The summed E-state index contributed by atoms with van der Waals surface area (Å²) in [7, 11) is 1.44. The van der Waals surface area contributed by atoms with Crippen LogP contribution in [0.2, 0.25) is 5.15 Å². The predicted octanol–water partition coefficient (Wildman–Crippen LogP) is 4.78. The van der Waals surface area contributed by atoms with Crippen LogP contribution in [0.5, 0.6) is 0 Å². The molecule has 0 fully saturated rings. The molecule has 0 radical (unpaired) electrons. The van der Waals surface area contributed by atoms with E-state index in [9.17, 15) is 23.1 Å². The maximum Gasteiger partial charge on any atom is 0.435 e. The fraction of sp³-hybridized carbons (Fsp3) is 0.364. The molecule has 2 N–H and O–H groups in total. The number of likely N-dealkylation sites (N-methyl/N-ethyl adjacent to an activating group) is 1. The second kappa shape index (κ2) is 10.2. The van der Waals surface area contributed by atoms with Crippen molar-refractivity contribution in [1.29, 1.82) is 0 Å². The van der Waals surface area contributed by atoms with Crippen LogP contribution in [0, 0.1) is 5.82 Å². The maximum absolute atomic E-state index is 15.1. The van der Waals surface area contributed by atoms with Crippen molar-refractivity contribution in [2.75, 3.05) is 25.2 Å². The fourth-order valence-electron chi connectivity index (χ4n) is 3.60. The summed E-state index contributed by atoms with van der Waals surface area (Å²) in [6, 6.07) is 4.02. The molecule has 3 rings (SSSR count). The van der Waals surface area contributed by atoms with Gasteiger partial charge in [0.1, 0.15) is 11.8 Å². The Kier molecular flexibility index (Phi) is 7.65. The Morgan fingerprint density at radius 3 is 2.54 bits per heavy atom. The summed E-state index contributed by atoms with van der Waals surface area (Å²) in [5.74, 6) is -0.926. The number of nitrogens with one attached hydrogen (secondary N) is 1. The Balaban J connectivity index is 2.21. The van der Waals surface area contributed by atoms with Gasteiger partial charge < -0.3 is 5.11 Å². The SMILES string of the molecule is CCN(C=O)/C(CO)=N\N(C)c1cc2c(C(C)C)cc(-c3c(C(F)(F)F)n[nH]c3Cl)nc2cc1F. The van der Waals surface area contributed by atoms with Crippen molar-refractivity contribution in [1.82, 2.24) is 20.1 Å². The van der Waals surface area contributed by atoms with Crippen LogP contribution in [0.25, 0.3) is 22.2 Å². The molecule has 0 atom stereocenters. The van der Waals surface area contributed by atoms with Crippen LogP contribution in [0.3, 0.4) is 0 Å². The van der Waals surface area contributed by atoms with Crippen LogP contribution < -0.4 is 5.01 Å². The van der Waals surface area contributed by atoms with Crippen LogP contribution in [0.1, 0.15) is 37.9 Å². The monoisotopic (exact) mass is 514 g/mol. The molecule has 0 saturated heterocycles. The smallest absolute Gasteiger partial charge is 0.388 e. The van der Waals surface area contributed by atoms with Crippen LogP contribution in [-0.2, 0) is 11.0 Å². The van der Waals surface area contributed by atoms with Gasteiger partial charge in [0.2, 0.25) is 6.41 Å². The van der Waals surface area contributed by atoms with Gasteiger partial charge in [0.25, 0.3) is 0 Å². The van der Waals surface area contributed by atoms with Gasteiger partial charge in [-0.3, -0.25) is 19.8 Å². The van der Waals surface area contributed by atoms with Crippen molar-refractivity contribution < 1.29 is 27.5 Å². The number of benzene rings is 1. The molecule has 0 unspecified atom stereocenters. The topological polar surface area (TPSA) is 97.7 Å². The van der Waals surface area contributed by atoms with Crippen molar-refractivity contribution in [2.24, 2.45) is 5.10 Å². The van der Waals surface area contributed by atoms with Gasteiger partial charge in [-0.1, -0.05) is 25.4 Å². The number of hydrogen-bond acceptors (Lipinski definition) is 6. The van der Waals surface area contributed by atoms with Crippen molar-refractivity contribution in [3.05, 3.63) is 40.4 Å². The van der Waals surface area contributed by atoms with Gasteiger partial charge in [-0.15, -0.1) is 0 Å². The lowest BCUT2D eigenvalue weighted by molar-refractivity contribution is -0.140. The number of alkyl halides is 3. The summed E-state index contributed by atoms with van der Waals surface area (Å²) in [5, 5.41) is 20.4. The molecule has 35 heavy (non-hydrogen) atoms. The number of hydrogen-bond donors (Lipinski definition) is 2. The molecule has 0 aliphatic rings. The molecule has 1 aromatic carbocycles. The maximum atomic E-state index is 15.1. The molecule has 8 nitrogen and oxygen atoms in total. The van der Waals surface area contributed by atoms with Gasteiger partial charge >= 0.3 is 6.18 Å². The van der Waals surface area contributed by atoms with E-state index >= 15 is 4.39 Å². The van der Waals surface area contributed by atoms with E-state index in [2.05, 4.69) is 20.3 Å². The number of carbonyl (C=O) groups excluding carboxylic acids is 1. The molecule has 13 heteroatoms. The molecule has 1 amide bonds. The van der Waals surface area contributed by atoms with E-state index in [1.54, 1.807) is 6.92 Å². The highest BCUT2D eigenvalue weighted by Crippen LogP contribution is 2.41. The van der Waals surface area contributed by atoms with Gasteiger partial charge in [-0.25, -0.2) is 9.37 Å². The zero-order chi connectivity index (χ0) is 26.1. The van der Waals surface area contributed by atoms with Crippen molar-refractivity contribution in [3.63, 3.8) is 0 Å². The predicted molar refractivity (Wildman–Crippen MR) is 125 cm³/mol. The van der Waals surface area contributed by atoms with Gasteiger partial charge in [0.15, 0.2) is 17.3 Å². The third-order valence-corrected chi connectivity index (χ3v) is 5.61. The summed E-state index contributed by atoms with van der Waals surface area (Å²) in [6.45, 7) is 5.04. The molecule has 0 aliphatic heterocycles. The minimum absolute atomic E-state index is 0.0105. The van der Waals surface area contributed by atoms with Crippen LogP contribution in [-0.4, -0.2) is 57.6 Å². The second-order valence-electron chi connectivity index (χ2n) is 7.92. The van der Waals surface area contributed by atoms with Crippen LogP contribution in [0.15, 0.2) is 23.3 Å². The summed E-state index contributed by atoms with van der Waals surface area (Å²) in [5.41, 5.74) is -1.02. The number of aromatic amines is 1. The van der Waals surface area contributed by atoms with Crippen molar-refractivity contribution in [3.8, 4) is 11.3 Å². The van der Waals surface area contributed by atoms with Crippen LogP contribution in [0.4, 0.5) is 23.2 Å². The first-order valence-electron chi connectivity index (χ1n) is 10.5. The molecule has 0 saturated carbocycles. The number of halogens is 5. The number of fused-ring (bicyclic) bond motifs is 1. The molecule has 0 bridgehead atoms. The van der Waals surface area contributed by atoms with E-state index < -0.39 is 29.9 Å². The van der Waals surface area contributed by atoms with Gasteiger partial charge in [-0.05, 0) is 30.5 Å². The highest BCUT2D eigenvalue weighted by atomic mass is 35.5. The number of carbonyl (C=O) groups is 1. The van der Waals surface area contributed by atoms with E-state index in [-0.39, 0.29) is 40.3 Å². The Bertz CT molecular complexity index is 1280. The molecule has 2 aromatic heterocycles. The Hall–Kier alpha value is -3.25. The summed E-state index contributed by atoms with van der Waals surface area (Å²) < 4.78 is 55.6. The highest BCUT2D eigenvalue weighted by molar-refractivity contribution is 6.32. The lowest BCUT2D eigenvalue weighted by atomic mass is 9.95. The van der Waals surface area contributed by atoms with Gasteiger partial charge in [0.05, 0.1) is 22.5 Å². The standard InChI is InChI=1S/C22H23ClF4N6O2/c1-5-33(10-35)18(9-34)31-32(4)17-7-13-12(11(2)3)6-16(28-15(13)8-14(17)24)19-20(22(25,26)27)29-30-21(19)23/h6-8,10-11,34H,5,9H2,1-4H3,(H,29,30)/b31-18-. The number of aromatic nitrogens is 3. The average Bonchev–Trinajstić information content (AvgIpc) is 3.19. The van der Waals surface area contributed by atoms with Crippen molar-refractivity contribution >= 4 is 40.4 Å². The summed E-state index contributed by atoms with van der Waals surface area (Å²) in [6.07, 6.45) is -4.28. The lowest BCUT2D eigenvalue weighted by Crippen LogP contribution is -2.34. The molecular weight excluding hydrogens is 492 g/mol. The second-order valence-corrected chi connectivity index (χ2v) is 8.30. The molecule has 0 spiro atoms. The number of amidine groups is 1. The number of hydrazone groups is 1. The van der Waals surface area contributed by atoms with E-state index in [0.717, 1.165) is 11.0 Å². The summed E-state index contributed by atoms with van der Waals surface area (Å²) >= 11 is 5.98. The third kappa shape index (κ3) is 5.22. The number of pyridine rings is 1. The Morgan fingerprint density at radius 1 is 1.31 bits per heavy atom. The average molecular weight is 515 g/mol. The van der Waals surface area contributed by atoms with E-state index in [1.165, 1.54) is 24.2 Å². The molecular formula is C22H23ClF4N6O2. The van der Waals surface area contributed by atoms with E-state index in [1.807, 2.05) is 13.8 Å². The summed E-state index contributed by atoms with van der Waals surface area (Å²) in [4.78, 5) is 16.6. The molecule has 3 aromatic rings. The molecule has 188 valence electrons. The van der Waals surface area contributed by atoms with Crippen molar-refractivity contribution in [2.45, 2.75) is 32.9 Å². The lowest BCUT2D eigenvalue weighted by Gasteiger charge is -2.21. The first kappa shape index (κ1) is 26.4. The van der Waals surface area contributed by atoms with Crippen LogP contribution >= 0.6 is 11.6 Å². The van der Waals surface area contributed by atoms with E-state index in [0.29, 0.717) is 17.4 Å². The number of nitrogens with zero attached hydrogens (tertiary/aromatic N) is 5. The first-order valence-corrected chi connectivity index (χ1v) is 10.9. The normalized spacial score (nSPS) is 12.5. The molecule has 0 aliphatic carbocycles. The van der Waals surface area contributed by atoms with E-state index in [4.69, 9.17) is 11.6 Å². The number of rotatable bonds is 7. The largest absolute Gasteiger partial charge is 0.435 e. The Labute approximate surface area is 203 Å². The fourth-order valence-corrected chi connectivity index (χ4v) is 3.83. The first-order chi connectivity index (χ1) is 16.4. The zero-order valence-corrected chi connectivity index (χ0v) is 20.0. The molecule has 2 heterocycles. The minimum Gasteiger partial charge on any atom is -0.388 e. The van der Waals surface area contributed by atoms with Gasteiger partial charge in [0, 0.05) is 25.0 Å². The third-order valence-electron chi connectivity index (χ3n) is 5.33. The number of H-pyrrole nitrogens is 1. The van der Waals surface area contributed by atoms with Gasteiger partial charge in [-0.2, -0.15) is 23.4 Å². The Morgan fingerprint density at radius 2 is 2.00 bits per heavy atom. The quantitative estimate of drug-likeness (QED) is 0.155. The number of aliphatic hydroxyl groups is 1. The zero-order valence-electron chi connectivity index (χ0n) is 19.3. The number of amides is 1. The highest BCUT2D eigenvalue weighted by Gasteiger charge is 2.39. The number of aliphatic hydroxyl groups excluding tert-OH is 1. The number of anilines is 1. The minimum atomic E-state index is -4.78.